The summed E-state index contributed by atoms with van der Waals surface area (Å²) in [5, 5.41) is 10.0. The van der Waals surface area contributed by atoms with Crippen LogP contribution in [0.15, 0.2) is 12.2 Å². The molecule has 140 valence electrons. The molecule has 7 atom stereocenters. The molecule has 0 aromatic carbocycles. The average molecular weight is 347 g/mol. The van der Waals surface area contributed by atoms with Crippen molar-refractivity contribution >= 4 is 5.97 Å². The highest BCUT2D eigenvalue weighted by Gasteiger charge is 2.68. The zero-order valence-corrected chi connectivity index (χ0v) is 16.1. The molecule has 0 aromatic heterocycles. The van der Waals surface area contributed by atoms with Crippen LogP contribution in [0.2, 0.25) is 0 Å². The van der Waals surface area contributed by atoms with Gasteiger partial charge in [-0.05, 0) is 87.5 Å². The van der Waals surface area contributed by atoms with E-state index in [0.29, 0.717) is 17.8 Å². The van der Waals surface area contributed by atoms with Gasteiger partial charge in [0.25, 0.3) is 0 Å². The predicted molar refractivity (Wildman–Crippen MR) is 98.2 cm³/mol. The molecule has 4 aliphatic carbocycles. The highest BCUT2D eigenvalue weighted by molar-refractivity contribution is 5.75. The van der Waals surface area contributed by atoms with Crippen LogP contribution in [0, 0.1) is 34.0 Å². The summed E-state index contributed by atoms with van der Waals surface area (Å²) in [6, 6.07) is 0. The van der Waals surface area contributed by atoms with E-state index in [0.717, 1.165) is 32.3 Å². The van der Waals surface area contributed by atoms with Crippen LogP contribution in [0.1, 0.15) is 72.1 Å². The van der Waals surface area contributed by atoms with Crippen molar-refractivity contribution in [2.45, 2.75) is 78.2 Å². The van der Waals surface area contributed by atoms with Crippen molar-refractivity contribution in [3.8, 4) is 0 Å². The van der Waals surface area contributed by atoms with Crippen LogP contribution in [-0.4, -0.2) is 23.8 Å². The molecule has 0 amide bonds. The van der Waals surface area contributed by atoms with E-state index in [-0.39, 0.29) is 16.9 Å². The maximum atomic E-state index is 12.2. The first kappa shape index (κ1) is 17.6. The summed E-state index contributed by atoms with van der Waals surface area (Å²) in [4.78, 5) is 12.2. The molecular formula is C22H34O3. The summed E-state index contributed by atoms with van der Waals surface area (Å²) in [6.45, 7) is 11.7. The number of rotatable bonds is 3. The second-order valence-corrected chi connectivity index (χ2v) is 9.85. The van der Waals surface area contributed by atoms with Gasteiger partial charge >= 0.3 is 5.97 Å². The zero-order valence-electron chi connectivity index (χ0n) is 16.1. The molecule has 3 nitrogen and oxygen atoms in total. The van der Waals surface area contributed by atoms with Gasteiger partial charge in [0.2, 0.25) is 0 Å². The van der Waals surface area contributed by atoms with Gasteiger partial charge in [0, 0.05) is 12.0 Å². The lowest BCUT2D eigenvalue weighted by Crippen LogP contribution is -2.60. The van der Waals surface area contributed by atoms with Gasteiger partial charge < -0.3 is 9.84 Å². The summed E-state index contributed by atoms with van der Waals surface area (Å²) < 4.78 is 6.30. The van der Waals surface area contributed by atoms with E-state index in [4.69, 9.17) is 4.74 Å². The first-order chi connectivity index (χ1) is 11.8. The molecule has 4 rings (SSSR count). The van der Waals surface area contributed by atoms with Gasteiger partial charge in [0.05, 0.1) is 11.5 Å². The Hall–Kier alpha value is -0.830. The van der Waals surface area contributed by atoms with E-state index in [1.807, 2.05) is 6.92 Å². The lowest BCUT2D eigenvalue weighted by molar-refractivity contribution is -0.193. The normalized spacial score (nSPS) is 51.7. The first-order valence-corrected chi connectivity index (χ1v) is 10.3. The Labute approximate surface area is 152 Å². The van der Waals surface area contributed by atoms with Crippen LogP contribution < -0.4 is 0 Å². The Kier molecular flexibility index (Phi) is 3.92. The molecular weight excluding hydrogens is 312 g/mol. The summed E-state index contributed by atoms with van der Waals surface area (Å²) >= 11 is 0. The van der Waals surface area contributed by atoms with Crippen LogP contribution in [0.25, 0.3) is 0 Å². The number of carboxylic acids is 1. The van der Waals surface area contributed by atoms with E-state index < -0.39 is 11.4 Å². The lowest BCUT2D eigenvalue weighted by atomic mass is 9.40. The van der Waals surface area contributed by atoms with Crippen molar-refractivity contribution in [2.24, 2.45) is 34.0 Å². The fourth-order valence-corrected chi connectivity index (χ4v) is 8.03. The molecule has 4 saturated carbocycles. The minimum Gasteiger partial charge on any atom is -0.481 e. The van der Waals surface area contributed by atoms with Crippen LogP contribution in [0.5, 0.6) is 0 Å². The molecule has 1 spiro atoms. The summed E-state index contributed by atoms with van der Waals surface area (Å²) in [7, 11) is 0. The largest absolute Gasteiger partial charge is 0.481 e. The fraction of sp³-hybridized carbons (Fsp3) is 0.864. The van der Waals surface area contributed by atoms with Gasteiger partial charge in [-0.15, -0.1) is 0 Å². The monoisotopic (exact) mass is 346 g/mol. The molecule has 1 N–H and O–H groups in total. The van der Waals surface area contributed by atoms with Crippen molar-refractivity contribution in [1.29, 1.82) is 0 Å². The third-order valence-electron chi connectivity index (χ3n) is 9.00. The Bertz CT molecular complexity index is 598. The second kappa shape index (κ2) is 5.58. The van der Waals surface area contributed by atoms with Gasteiger partial charge in [0.1, 0.15) is 0 Å². The van der Waals surface area contributed by atoms with Crippen molar-refractivity contribution in [3.63, 3.8) is 0 Å². The fourth-order valence-electron chi connectivity index (χ4n) is 8.03. The molecule has 3 heteroatoms. The SMILES string of the molecule is C=C1C2CCC3C4(C)CCCC(C)(C(=O)O)C4CCC3(C2)C1OCC. The van der Waals surface area contributed by atoms with Crippen molar-refractivity contribution < 1.29 is 14.6 Å². The molecule has 2 bridgehead atoms. The number of fused-ring (bicyclic) bond motifs is 3. The predicted octanol–water partition coefficient (Wildman–Crippen LogP) is 5.06. The Morgan fingerprint density at radius 1 is 1.20 bits per heavy atom. The molecule has 4 aliphatic rings. The van der Waals surface area contributed by atoms with E-state index in [1.54, 1.807) is 0 Å². The van der Waals surface area contributed by atoms with Crippen LogP contribution >= 0.6 is 0 Å². The van der Waals surface area contributed by atoms with Crippen molar-refractivity contribution in [2.75, 3.05) is 6.61 Å². The highest BCUT2D eigenvalue weighted by Crippen LogP contribution is 2.72. The van der Waals surface area contributed by atoms with E-state index in [9.17, 15) is 9.90 Å². The molecule has 0 radical (unpaired) electrons. The minimum absolute atomic E-state index is 0.134. The van der Waals surface area contributed by atoms with Gasteiger partial charge in [-0.2, -0.15) is 0 Å². The molecule has 0 saturated heterocycles. The van der Waals surface area contributed by atoms with Crippen LogP contribution in [-0.2, 0) is 9.53 Å². The molecule has 0 aromatic rings. The van der Waals surface area contributed by atoms with E-state index in [1.165, 1.54) is 31.3 Å². The summed E-state index contributed by atoms with van der Waals surface area (Å²) in [6.07, 6.45) is 9.12. The number of aliphatic carboxylic acids is 1. The molecule has 7 unspecified atom stereocenters. The molecule has 0 aliphatic heterocycles. The van der Waals surface area contributed by atoms with Gasteiger partial charge in [-0.25, -0.2) is 0 Å². The van der Waals surface area contributed by atoms with E-state index in [2.05, 4.69) is 20.4 Å². The number of carbonyl (C=O) groups is 1. The number of ether oxygens (including phenoxy) is 1. The first-order valence-electron chi connectivity index (χ1n) is 10.3. The van der Waals surface area contributed by atoms with Crippen molar-refractivity contribution in [3.05, 3.63) is 12.2 Å². The average Bonchev–Trinajstić information content (AvgIpc) is 2.75. The van der Waals surface area contributed by atoms with Gasteiger partial charge in [-0.1, -0.05) is 19.9 Å². The third-order valence-corrected chi connectivity index (χ3v) is 9.00. The smallest absolute Gasteiger partial charge is 0.309 e. The van der Waals surface area contributed by atoms with Crippen molar-refractivity contribution in [1.82, 2.24) is 0 Å². The minimum atomic E-state index is -0.578. The number of carboxylic acid groups (broad SMARTS) is 1. The third kappa shape index (κ3) is 2.11. The van der Waals surface area contributed by atoms with Crippen LogP contribution in [0.4, 0.5) is 0 Å². The summed E-state index contributed by atoms with van der Waals surface area (Å²) in [5.74, 6) is 0.937. The topological polar surface area (TPSA) is 46.5 Å². The second-order valence-electron chi connectivity index (χ2n) is 9.85. The van der Waals surface area contributed by atoms with Crippen LogP contribution in [0.3, 0.4) is 0 Å². The molecule has 4 fully saturated rings. The Balaban J connectivity index is 1.76. The zero-order chi connectivity index (χ0) is 18.0. The standard InChI is InChI=1S/C22H34O3/c1-5-25-18-14(2)15-7-8-17-20(3)10-6-11-21(4,19(23)24)16(20)9-12-22(17,18)13-15/h15-18H,2,5-13H2,1,3-4H3,(H,23,24). The quantitative estimate of drug-likeness (QED) is 0.727. The molecule has 0 heterocycles. The Morgan fingerprint density at radius 2 is 1.96 bits per heavy atom. The summed E-state index contributed by atoms with van der Waals surface area (Å²) in [5.41, 5.74) is 1.14. The molecule has 25 heavy (non-hydrogen) atoms. The highest BCUT2D eigenvalue weighted by atomic mass is 16.5. The Morgan fingerprint density at radius 3 is 2.64 bits per heavy atom. The maximum absolute atomic E-state index is 12.2. The number of hydrogen-bond acceptors (Lipinski definition) is 2. The lowest BCUT2D eigenvalue weighted by Gasteiger charge is -2.64. The van der Waals surface area contributed by atoms with E-state index >= 15 is 0 Å². The van der Waals surface area contributed by atoms with Gasteiger partial charge in [0.15, 0.2) is 0 Å². The maximum Gasteiger partial charge on any atom is 0.309 e. The number of hydrogen-bond donors (Lipinski definition) is 1. The van der Waals surface area contributed by atoms with Gasteiger partial charge in [-0.3, -0.25) is 4.79 Å².